The van der Waals surface area contributed by atoms with Gasteiger partial charge < -0.3 is 5.11 Å². The molecule has 2 aromatic rings. The van der Waals surface area contributed by atoms with E-state index in [0.29, 0.717) is 6.07 Å². The standard InChI is InChI=1S/C16H11F3O3/c1-9(20)11-4-2-3-5-12(11)14-8-10(16(17,18)19)6-7-13(14)15(21)22/h2-8H,1H3,(H,21,22). The fraction of sp³-hybridized carbons (Fsp3) is 0.125. The molecule has 1 N–H and O–H groups in total. The fourth-order valence-electron chi connectivity index (χ4n) is 2.15. The van der Waals surface area contributed by atoms with Gasteiger partial charge in [0.1, 0.15) is 0 Å². The molecule has 0 unspecified atom stereocenters. The summed E-state index contributed by atoms with van der Waals surface area (Å²) in [6.07, 6.45) is -4.60. The highest BCUT2D eigenvalue weighted by molar-refractivity contribution is 6.04. The molecule has 0 radical (unpaired) electrons. The Kier molecular flexibility index (Phi) is 4.03. The minimum atomic E-state index is -4.60. The number of carbonyl (C=O) groups excluding carboxylic acids is 1. The third-order valence-electron chi connectivity index (χ3n) is 3.17. The van der Waals surface area contributed by atoms with E-state index in [1.54, 1.807) is 6.07 Å². The Hall–Kier alpha value is -2.63. The van der Waals surface area contributed by atoms with Crippen molar-refractivity contribution in [1.29, 1.82) is 0 Å². The first-order valence-corrected chi connectivity index (χ1v) is 6.26. The van der Waals surface area contributed by atoms with E-state index in [1.807, 2.05) is 0 Å². The summed E-state index contributed by atoms with van der Waals surface area (Å²) in [6.45, 7) is 1.27. The topological polar surface area (TPSA) is 54.4 Å². The average molecular weight is 308 g/mol. The lowest BCUT2D eigenvalue weighted by Gasteiger charge is -2.13. The predicted molar refractivity (Wildman–Crippen MR) is 73.8 cm³/mol. The maximum absolute atomic E-state index is 12.9. The van der Waals surface area contributed by atoms with Crippen LogP contribution in [-0.2, 0) is 6.18 Å². The summed E-state index contributed by atoms with van der Waals surface area (Å²) in [4.78, 5) is 22.9. The van der Waals surface area contributed by atoms with Gasteiger partial charge in [0.05, 0.1) is 11.1 Å². The lowest BCUT2D eigenvalue weighted by atomic mass is 9.92. The smallest absolute Gasteiger partial charge is 0.416 e. The molecule has 3 nitrogen and oxygen atoms in total. The maximum Gasteiger partial charge on any atom is 0.416 e. The molecule has 0 saturated heterocycles. The van der Waals surface area contributed by atoms with Crippen molar-refractivity contribution in [3.8, 4) is 11.1 Å². The number of ketones is 1. The number of Topliss-reactive ketones (excluding diaryl/α,β-unsaturated/α-hetero) is 1. The average Bonchev–Trinajstić information content (AvgIpc) is 2.45. The van der Waals surface area contributed by atoms with Crippen LogP contribution < -0.4 is 0 Å². The van der Waals surface area contributed by atoms with Crippen LogP contribution in [0.15, 0.2) is 42.5 Å². The number of aromatic carboxylic acids is 1. The van der Waals surface area contributed by atoms with Gasteiger partial charge in [-0.1, -0.05) is 24.3 Å². The number of alkyl halides is 3. The van der Waals surface area contributed by atoms with Crippen LogP contribution in [0.25, 0.3) is 11.1 Å². The van der Waals surface area contributed by atoms with Crippen molar-refractivity contribution in [2.75, 3.05) is 0 Å². The molecule has 0 aromatic heterocycles. The molecule has 22 heavy (non-hydrogen) atoms. The number of carboxylic acids is 1. The van der Waals surface area contributed by atoms with Crippen molar-refractivity contribution in [1.82, 2.24) is 0 Å². The molecule has 0 heterocycles. The first-order chi connectivity index (χ1) is 10.2. The number of hydrogen-bond acceptors (Lipinski definition) is 2. The van der Waals surface area contributed by atoms with E-state index in [1.165, 1.54) is 25.1 Å². The van der Waals surface area contributed by atoms with E-state index in [2.05, 4.69) is 0 Å². The Morgan fingerprint density at radius 1 is 0.955 bits per heavy atom. The van der Waals surface area contributed by atoms with Gasteiger partial charge >= 0.3 is 12.1 Å². The molecule has 0 fully saturated rings. The lowest BCUT2D eigenvalue weighted by molar-refractivity contribution is -0.137. The zero-order valence-corrected chi connectivity index (χ0v) is 11.4. The van der Waals surface area contributed by atoms with E-state index in [0.717, 1.165) is 12.1 Å². The van der Waals surface area contributed by atoms with Gasteiger partial charge in [-0.2, -0.15) is 13.2 Å². The molecule has 0 aliphatic carbocycles. The van der Waals surface area contributed by atoms with Gasteiger partial charge in [-0.05, 0) is 36.2 Å². The normalized spacial score (nSPS) is 11.3. The van der Waals surface area contributed by atoms with Crippen molar-refractivity contribution in [2.45, 2.75) is 13.1 Å². The van der Waals surface area contributed by atoms with Crippen LogP contribution in [0.1, 0.15) is 33.2 Å². The Bertz CT molecular complexity index is 749. The summed E-state index contributed by atoms with van der Waals surface area (Å²) in [6, 6.07) is 8.34. The monoisotopic (exact) mass is 308 g/mol. The maximum atomic E-state index is 12.9. The largest absolute Gasteiger partial charge is 0.478 e. The highest BCUT2D eigenvalue weighted by Crippen LogP contribution is 2.35. The van der Waals surface area contributed by atoms with Gasteiger partial charge in [-0.15, -0.1) is 0 Å². The molecule has 0 bridgehead atoms. The summed E-state index contributed by atoms with van der Waals surface area (Å²) < 4.78 is 38.6. The van der Waals surface area contributed by atoms with E-state index < -0.39 is 17.7 Å². The number of carbonyl (C=O) groups is 2. The van der Waals surface area contributed by atoms with Gasteiger partial charge in [0.2, 0.25) is 0 Å². The summed E-state index contributed by atoms with van der Waals surface area (Å²) in [5.74, 6) is -1.72. The second-order valence-corrected chi connectivity index (χ2v) is 4.67. The van der Waals surface area contributed by atoms with Crippen LogP contribution in [0, 0.1) is 0 Å². The number of carboxylic acid groups (broad SMARTS) is 1. The third-order valence-corrected chi connectivity index (χ3v) is 3.17. The van der Waals surface area contributed by atoms with Gasteiger partial charge in [0, 0.05) is 5.56 Å². The summed E-state index contributed by atoms with van der Waals surface area (Å²) in [7, 11) is 0. The van der Waals surface area contributed by atoms with Crippen molar-refractivity contribution in [2.24, 2.45) is 0 Å². The SMILES string of the molecule is CC(=O)c1ccccc1-c1cc(C(F)(F)F)ccc1C(=O)O. The molecule has 0 amide bonds. The number of hydrogen-bond donors (Lipinski definition) is 1. The number of halogens is 3. The third kappa shape index (κ3) is 3.00. The Labute approximate surface area is 124 Å². The first kappa shape index (κ1) is 15.8. The van der Waals surface area contributed by atoms with Gasteiger partial charge in [-0.25, -0.2) is 4.79 Å². The van der Waals surface area contributed by atoms with Crippen LogP contribution >= 0.6 is 0 Å². The zero-order valence-electron chi connectivity index (χ0n) is 11.4. The minimum absolute atomic E-state index is 0.131. The Morgan fingerprint density at radius 2 is 1.59 bits per heavy atom. The van der Waals surface area contributed by atoms with E-state index in [9.17, 15) is 27.9 Å². The van der Waals surface area contributed by atoms with Crippen LogP contribution in [0.5, 0.6) is 0 Å². The molecule has 0 atom stereocenters. The van der Waals surface area contributed by atoms with Crippen LogP contribution in [0.4, 0.5) is 13.2 Å². The molecule has 0 saturated carbocycles. The number of rotatable bonds is 3. The molecule has 0 aliphatic heterocycles. The van der Waals surface area contributed by atoms with Crippen LogP contribution in [0.2, 0.25) is 0 Å². The van der Waals surface area contributed by atoms with E-state index in [4.69, 9.17) is 0 Å². The first-order valence-electron chi connectivity index (χ1n) is 6.26. The minimum Gasteiger partial charge on any atom is -0.478 e. The molecule has 0 spiro atoms. The molecule has 6 heteroatoms. The number of benzene rings is 2. The molecule has 2 rings (SSSR count). The highest BCUT2D eigenvalue weighted by Gasteiger charge is 2.32. The van der Waals surface area contributed by atoms with Crippen molar-refractivity contribution in [3.63, 3.8) is 0 Å². The van der Waals surface area contributed by atoms with Crippen molar-refractivity contribution in [3.05, 3.63) is 59.2 Å². The Balaban J connectivity index is 2.78. The molecule has 2 aromatic carbocycles. The van der Waals surface area contributed by atoms with E-state index in [-0.39, 0.29) is 28.0 Å². The second kappa shape index (κ2) is 5.63. The summed E-state index contributed by atoms with van der Waals surface area (Å²) in [5.41, 5.74) is -1.05. The second-order valence-electron chi connectivity index (χ2n) is 4.67. The molecule has 114 valence electrons. The molecular formula is C16H11F3O3. The van der Waals surface area contributed by atoms with Crippen molar-refractivity contribution < 1.29 is 27.9 Å². The summed E-state index contributed by atoms with van der Waals surface area (Å²) in [5, 5.41) is 9.18. The summed E-state index contributed by atoms with van der Waals surface area (Å²) >= 11 is 0. The highest BCUT2D eigenvalue weighted by atomic mass is 19.4. The van der Waals surface area contributed by atoms with Crippen LogP contribution in [-0.4, -0.2) is 16.9 Å². The van der Waals surface area contributed by atoms with E-state index >= 15 is 0 Å². The fourth-order valence-corrected chi connectivity index (χ4v) is 2.15. The van der Waals surface area contributed by atoms with Gasteiger partial charge in [-0.3, -0.25) is 4.79 Å². The zero-order chi connectivity index (χ0) is 16.5. The Morgan fingerprint density at radius 3 is 2.14 bits per heavy atom. The van der Waals surface area contributed by atoms with Crippen molar-refractivity contribution >= 4 is 11.8 Å². The molecule has 0 aliphatic rings. The molecular weight excluding hydrogens is 297 g/mol. The predicted octanol–water partition coefficient (Wildman–Crippen LogP) is 4.27. The van der Waals surface area contributed by atoms with Gasteiger partial charge in [0.25, 0.3) is 0 Å². The lowest BCUT2D eigenvalue weighted by Crippen LogP contribution is -2.09. The quantitative estimate of drug-likeness (QED) is 0.861. The van der Waals surface area contributed by atoms with Crippen LogP contribution in [0.3, 0.4) is 0 Å². The van der Waals surface area contributed by atoms with Gasteiger partial charge in [0.15, 0.2) is 5.78 Å².